The van der Waals surface area contributed by atoms with Gasteiger partial charge >= 0.3 is 5.97 Å². The van der Waals surface area contributed by atoms with Gasteiger partial charge in [0.2, 0.25) is 0 Å². The second-order valence-corrected chi connectivity index (χ2v) is 6.59. The van der Waals surface area contributed by atoms with E-state index in [0.29, 0.717) is 5.02 Å². The zero-order valence-corrected chi connectivity index (χ0v) is 15.0. The van der Waals surface area contributed by atoms with Crippen LogP contribution in [0, 0.1) is 0 Å². The van der Waals surface area contributed by atoms with E-state index in [-0.39, 0.29) is 24.1 Å². The van der Waals surface area contributed by atoms with Crippen LogP contribution in [0.3, 0.4) is 0 Å². The molecule has 1 aliphatic rings. The van der Waals surface area contributed by atoms with Crippen molar-refractivity contribution < 1.29 is 19.1 Å². The van der Waals surface area contributed by atoms with Crippen LogP contribution in [0.5, 0.6) is 0 Å². The Balaban J connectivity index is 1.75. The summed E-state index contributed by atoms with van der Waals surface area (Å²) in [4.78, 5) is 35.9. The summed E-state index contributed by atoms with van der Waals surface area (Å²) >= 11 is 5.95. The number of ether oxygens (including phenoxy) is 1. The normalized spacial score (nSPS) is 15.9. The predicted molar refractivity (Wildman–Crippen MR) is 94.4 cm³/mol. The first-order valence-electron chi connectivity index (χ1n) is 8.48. The highest BCUT2D eigenvalue weighted by Crippen LogP contribution is 2.17. The second-order valence-electron chi connectivity index (χ2n) is 6.19. The molecule has 0 bridgehead atoms. The number of carbonyl (C=O) groups excluding carboxylic acids is 3. The molecule has 0 heterocycles. The van der Waals surface area contributed by atoms with Gasteiger partial charge in [0.25, 0.3) is 11.8 Å². The Morgan fingerprint density at radius 3 is 2.56 bits per heavy atom. The first-order valence-corrected chi connectivity index (χ1v) is 8.86. The molecule has 0 saturated heterocycles. The van der Waals surface area contributed by atoms with E-state index in [9.17, 15) is 14.4 Å². The summed E-state index contributed by atoms with van der Waals surface area (Å²) in [5.41, 5.74) is 0.277. The molecular formula is C18H23ClN2O4. The molecule has 1 aliphatic carbocycles. The minimum Gasteiger partial charge on any atom is -0.454 e. The first kappa shape index (κ1) is 19.2. The van der Waals surface area contributed by atoms with Gasteiger partial charge in [-0.15, -0.1) is 0 Å². The summed E-state index contributed by atoms with van der Waals surface area (Å²) in [7, 11) is 0. The molecule has 25 heavy (non-hydrogen) atoms. The van der Waals surface area contributed by atoms with E-state index in [1.807, 2.05) is 0 Å². The van der Waals surface area contributed by atoms with Gasteiger partial charge in [-0.1, -0.05) is 43.0 Å². The molecule has 136 valence electrons. The predicted octanol–water partition coefficient (Wildman–Crippen LogP) is 2.45. The molecule has 2 amide bonds. The molecule has 0 spiro atoms. The molecular weight excluding hydrogens is 344 g/mol. The molecule has 2 rings (SSSR count). The van der Waals surface area contributed by atoms with Crippen molar-refractivity contribution in [1.29, 1.82) is 0 Å². The standard InChI is InChI=1S/C18H23ClN2O4/c1-12(20-17(23)14-9-5-6-10-15(14)19)18(24)25-11-16(22)21-13-7-3-2-4-8-13/h5-6,9-10,12-13H,2-4,7-8,11H2,1H3,(H,20,23)(H,21,22)/t12-/m0/s1. The first-order chi connectivity index (χ1) is 12.0. The third-order valence-electron chi connectivity index (χ3n) is 4.14. The SMILES string of the molecule is C[C@H](NC(=O)c1ccccc1Cl)C(=O)OCC(=O)NC1CCCCC1. The molecule has 0 unspecified atom stereocenters. The van der Waals surface area contributed by atoms with Gasteiger partial charge in [-0.05, 0) is 31.9 Å². The Hall–Kier alpha value is -2.08. The number of esters is 1. The Morgan fingerprint density at radius 1 is 1.20 bits per heavy atom. The molecule has 0 radical (unpaired) electrons. The van der Waals surface area contributed by atoms with Crippen LogP contribution in [0.2, 0.25) is 5.02 Å². The highest BCUT2D eigenvalue weighted by Gasteiger charge is 2.21. The minimum atomic E-state index is -0.883. The summed E-state index contributed by atoms with van der Waals surface area (Å²) in [6.45, 7) is 1.15. The molecule has 1 atom stereocenters. The van der Waals surface area contributed by atoms with Crippen LogP contribution in [0.4, 0.5) is 0 Å². The van der Waals surface area contributed by atoms with Crippen molar-refractivity contribution in [2.75, 3.05) is 6.61 Å². The van der Waals surface area contributed by atoms with Gasteiger partial charge in [0.1, 0.15) is 6.04 Å². The van der Waals surface area contributed by atoms with Crippen LogP contribution in [0.1, 0.15) is 49.4 Å². The van der Waals surface area contributed by atoms with Gasteiger partial charge in [-0.2, -0.15) is 0 Å². The van der Waals surface area contributed by atoms with Crippen LogP contribution >= 0.6 is 11.6 Å². The average molecular weight is 367 g/mol. The van der Waals surface area contributed by atoms with Crippen LogP contribution < -0.4 is 10.6 Å². The monoisotopic (exact) mass is 366 g/mol. The van der Waals surface area contributed by atoms with Gasteiger partial charge < -0.3 is 15.4 Å². The topological polar surface area (TPSA) is 84.5 Å². The Labute approximate surface area is 152 Å². The summed E-state index contributed by atoms with van der Waals surface area (Å²) < 4.78 is 4.98. The van der Waals surface area contributed by atoms with Crippen molar-refractivity contribution in [1.82, 2.24) is 10.6 Å². The molecule has 1 fully saturated rings. The number of carbonyl (C=O) groups is 3. The van der Waals surface area contributed by atoms with Gasteiger partial charge in [0, 0.05) is 6.04 Å². The highest BCUT2D eigenvalue weighted by atomic mass is 35.5. The van der Waals surface area contributed by atoms with Crippen molar-refractivity contribution in [2.24, 2.45) is 0 Å². The fourth-order valence-electron chi connectivity index (χ4n) is 2.76. The van der Waals surface area contributed by atoms with E-state index >= 15 is 0 Å². The van der Waals surface area contributed by atoms with Gasteiger partial charge in [0.15, 0.2) is 6.61 Å². The average Bonchev–Trinajstić information content (AvgIpc) is 2.60. The van der Waals surface area contributed by atoms with Crippen molar-refractivity contribution >= 4 is 29.4 Å². The lowest BCUT2D eigenvalue weighted by Crippen LogP contribution is -2.42. The number of hydrogen-bond acceptors (Lipinski definition) is 4. The van der Waals surface area contributed by atoms with Crippen molar-refractivity contribution in [3.8, 4) is 0 Å². The van der Waals surface area contributed by atoms with Gasteiger partial charge in [-0.25, -0.2) is 4.79 Å². The molecule has 0 aliphatic heterocycles. The summed E-state index contributed by atoms with van der Waals surface area (Å²) in [6, 6.07) is 5.83. The van der Waals surface area contributed by atoms with E-state index in [2.05, 4.69) is 10.6 Å². The lowest BCUT2D eigenvalue weighted by atomic mass is 9.95. The molecule has 2 N–H and O–H groups in total. The summed E-state index contributed by atoms with van der Waals surface area (Å²) in [5.74, 6) is -1.45. The van der Waals surface area contributed by atoms with Gasteiger partial charge in [0.05, 0.1) is 10.6 Å². The zero-order valence-electron chi connectivity index (χ0n) is 14.2. The number of rotatable bonds is 6. The van der Waals surface area contributed by atoms with Crippen LogP contribution in [-0.4, -0.2) is 36.5 Å². The molecule has 6 nitrogen and oxygen atoms in total. The Kier molecular flexibility index (Phi) is 7.25. The van der Waals surface area contributed by atoms with Gasteiger partial charge in [-0.3, -0.25) is 9.59 Å². The number of benzene rings is 1. The van der Waals surface area contributed by atoms with E-state index in [4.69, 9.17) is 16.3 Å². The lowest BCUT2D eigenvalue weighted by Gasteiger charge is -2.22. The third kappa shape index (κ3) is 6.05. The Bertz CT molecular complexity index is 629. The molecule has 1 saturated carbocycles. The van der Waals surface area contributed by atoms with Crippen LogP contribution in [0.25, 0.3) is 0 Å². The number of amides is 2. The smallest absolute Gasteiger partial charge is 0.328 e. The maximum absolute atomic E-state index is 12.1. The van der Waals surface area contributed by atoms with Crippen molar-refractivity contribution in [3.63, 3.8) is 0 Å². The summed E-state index contributed by atoms with van der Waals surface area (Å²) in [6.07, 6.45) is 5.34. The minimum absolute atomic E-state index is 0.164. The molecule has 0 aromatic heterocycles. The quantitative estimate of drug-likeness (QED) is 0.757. The fourth-order valence-corrected chi connectivity index (χ4v) is 2.98. The number of nitrogens with one attached hydrogen (secondary N) is 2. The molecule has 1 aromatic carbocycles. The maximum Gasteiger partial charge on any atom is 0.328 e. The third-order valence-corrected chi connectivity index (χ3v) is 4.47. The van der Waals surface area contributed by atoms with Crippen molar-refractivity contribution in [3.05, 3.63) is 34.9 Å². The Morgan fingerprint density at radius 2 is 1.88 bits per heavy atom. The second kappa shape index (κ2) is 9.42. The van der Waals surface area contributed by atoms with Crippen LogP contribution in [-0.2, 0) is 14.3 Å². The summed E-state index contributed by atoms with van der Waals surface area (Å²) in [5, 5.41) is 5.68. The molecule has 7 heteroatoms. The zero-order chi connectivity index (χ0) is 18.2. The number of halogens is 1. The van der Waals surface area contributed by atoms with Crippen molar-refractivity contribution in [2.45, 2.75) is 51.1 Å². The highest BCUT2D eigenvalue weighted by molar-refractivity contribution is 6.33. The van der Waals surface area contributed by atoms with E-state index < -0.39 is 17.9 Å². The van der Waals surface area contributed by atoms with E-state index in [1.165, 1.54) is 13.3 Å². The van der Waals surface area contributed by atoms with E-state index in [1.54, 1.807) is 24.3 Å². The maximum atomic E-state index is 12.1. The van der Waals surface area contributed by atoms with Crippen LogP contribution in [0.15, 0.2) is 24.3 Å². The fraction of sp³-hybridized carbons (Fsp3) is 0.500. The lowest BCUT2D eigenvalue weighted by molar-refractivity contribution is -0.150. The van der Waals surface area contributed by atoms with E-state index in [0.717, 1.165) is 25.7 Å². The molecule has 1 aromatic rings. The number of hydrogen-bond donors (Lipinski definition) is 2. The largest absolute Gasteiger partial charge is 0.454 e.